The fraction of sp³-hybridized carbons (Fsp3) is 0.462. The van der Waals surface area contributed by atoms with Gasteiger partial charge in [-0.15, -0.1) is 0 Å². The number of benzene rings is 1. The molecule has 0 spiro atoms. The van der Waals surface area contributed by atoms with Gasteiger partial charge in [-0.25, -0.2) is 4.79 Å². The second-order valence-corrected chi connectivity index (χ2v) is 4.29. The van der Waals surface area contributed by atoms with Gasteiger partial charge in [-0.05, 0) is 18.1 Å². The molecule has 5 nitrogen and oxygen atoms in total. The molecular weight excluding hydrogens is 236 g/mol. The van der Waals surface area contributed by atoms with Gasteiger partial charge in [0.2, 0.25) is 0 Å². The zero-order valence-corrected chi connectivity index (χ0v) is 10.9. The van der Waals surface area contributed by atoms with Crippen LogP contribution in [0.25, 0.3) is 0 Å². The standard InChI is InChI=1S/C13H18O5/c1-8(2)13(16,12(14)15)10-6-5-9(17-3)7-11(10)18-4/h5-8,16H,1-4H3,(H,14,15). The molecule has 0 heterocycles. The van der Waals surface area contributed by atoms with Gasteiger partial charge >= 0.3 is 5.97 Å². The maximum absolute atomic E-state index is 11.3. The van der Waals surface area contributed by atoms with Crippen molar-refractivity contribution < 1.29 is 24.5 Å². The van der Waals surface area contributed by atoms with Gasteiger partial charge in [0.05, 0.1) is 14.2 Å². The van der Waals surface area contributed by atoms with Crippen molar-refractivity contribution in [1.82, 2.24) is 0 Å². The number of methoxy groups -OCH3 is 2. The fourth-order valence-corrected chi connectivity index (χ4v) is 1.79. The number of hydrogen-bond donors (Lipinski definition) is 2. The van der Waals surface area contributed by atoms with Crippen molar-refractivity contribution in [3.8, 4) is 11.5 Å². The summed E-state index contributed by atoms with van der Waals surface area (Å²) in [5, 5.41) is 19.7. The predicted octanol–water partition coefficient (Wildman–Crippen LogP) is 1.63. The minimum absolute atomic E-state index is 0.216. The molecule has 1 rings (SSSR count). The van der Waals surface area contributed by atoms with Gasteiger partial charge < -0.3 is 19.7 Å². The van der Waals surface area contributed by atoms with Crippen LogP contribution >= 0.6 is 0 Å². The summed E-state index contributed by atoms with van der Waals surface area (Å²) in [7, 11) is 2.92. The van der Waals surface area contributed by atoms with Crippen molar-refractivity contribution >= 4 is 5.97 Å². The normalized spacial score (nSPS) is 14.1. The first-order valence-electron chi connectivity index (χ1n) is 5.56. The van der Waals surface area contributed by atoms with E-state index in [1.165, 1.54) is 20.3 Å². The van der Waals surface area contributed by atoms with E-state index in [2.05, 4.69) is 0 Å². The van der Waals surface area contributed by atoms with Crippen LogP contribution < -0.4 is 9.47 Å². The molecule has 1 atom stereocenters. The molecule has 1 unspecified atom stereocenters. The van der Waals surface area contributed by atoms with Gasteiger partial charge in [-0.2, -0.15) is 0 Å². The van der Waals surface area contributed by atoms with Gasteiger partial charge in [0, 0.05) is 11.6 Å². The first-order valence-corrected chi connectivity index (χ1v) is 5.56. The summed E-state index contributed by atoms with van der Waals surface area (Å²) in [6, 6.07) is 4.64. The van der Waals surface area contributed by atoms with Crippen LogP contribution in [0.2, 0.25) is 0 Å². The van der Waals surface area contributed by atoms with Crippen LogP contribution in [-0.2, 0) is 10.4 Å². The fourth-order valence-electron chi connectivity index (χ4n) is 1.79. The van der Waals surface area contributed by atoms with Crippen LogP contribution in [0.4, 0.5) is 0 Å². The molecule has 0 saturated heterocycles. The molecule has 0 aliphatic carbocycles. The zero-order chi connectivity index (χ0) is 13.9. The number of aliphatic hydroxyl groups is 1. The molecule has 0 amide bonds. The second-order valence-electron chi connectivity index (χ2n) is 4.29. The third-order valence-corrected chi connectivity index (χ3v) is 2.98. The summed E-state index contributed by atoms with van der Waals surface area (Å²) in [6.45, 7) is 3.27. The third kappa shape index (κ3) is 2.26. The molecule has 0 aromatic heterocycles. The Bertz CT molecular complexity index is 441. The number of rotatable bonds is 5. The first-order chi connectivity index (χ1) is 8.37. The Hall–Kier alpha value is -1.75. The van der Waals surface area contributed by atoms with Gasteiger partial charge in [0.15, 0.2) is 5.60 Å². The SMILES string of the molecule is COc1ccc(C(O)(C(=O)O)C(C)C)c(OC)c1. The molecular formula is C13H18O5. The third-order valence-electron chi connectivity index (χ3n) is 2.98. The maximum Gasteiger partial charge on any atom is 0.340 e. The number of hydrogen-bond acceptors (Lipinski definition) is 4. The van der Waals surface area contributed by atoms with Crippen molar-refractivity contribution in [1.29, 1.82) is 0 Å². The van der Waals surface area contributed by atoms with Crippen LogP contribution in [0.15, 0.2) is 18.2 Å². The van der Waals surface area contributed by atoms with E-state index in [-0.39, 0.29) is 11.3 Å². The lowest BCUT2D eigenvalue weighted by Crippen LogP contribution is -2.41. The highest BCUT2D eigenvalue weighted by Crippen LogP contribution is 2.37. The average Bonchev–Trinajstić information content (AvgIpc) is 2.36. The number of carbonyl (C=O) groups is 1. The van der Waals surface area contributed by atoms with Crippen LogP contribution in [0.1, 0.15) is 19.4 Å². The van der Waals surface area contributed by atoms with Gasteiger partial charge in [0.25, 0.3) is 0 Å². The van der Waals surface area contributed by atoms with Crippen molar-refractivity contribution in [2.24, 2.45) is 5.92 Å². The average molecular weight is 254 g/mol. The largest absolute Gasteiger partial charge is 0.497 e. The molecule has 100 valence electrons. The van der Waals surface area contributed by atoms with Gasteiger partial charge in [-0.1, -0.05) is 13.8 Å². The molecule has 1 aromatic rings. The smallest absolute Gasteiger partial charge is 0.340 e. The van der Waals surface area contributed by atoms with Crippen molar-refractivity contribution in [3.63, 3.8) is 0 Å². The topological polar surface area (TPSA) is 76.0 Å². The minimum Gasteiger partial charge on any atom is -0.497 e. The molecule has 0 aliphatic rings. The molecule has 2 N–H and O–H groups in total. The summed E-state index contributed by atoms with van der Waals surface area (Å²) < 4.78 is 10.2. The Labute approximate surface area is 106 Å². The Kier molecular flexibility index (Phi) is 4.19. The Balaban J connectivity index is 3.42. The highest BCUT2D eigenvalue weighted by Gasteiger charge is 2.43. The summed E-state index contributed by atoms with van der Waals surface area (Å²) in [6.07, 6.45) is 0. The first kappa shape index (κ1) is 14.3. The van der Waals surface area contributed by atoms with Gasteiger partial charge in [-0.3, -0.25) is 0 Å². The van der Waals surface area contributed by atoms with Crippen molar-refractivity contribution in [3.05, 3.63) is 23.8 Å². The molecule has 0 saturated carbocycles. The highest BCUT2D eigenvalue weighted by atomic mass is 16.5. The van der Waals surface area contributed by atoms with Crippen molar-refractivity contribution in [2.45, 2.75) is 19.4 Å². The quantitative estimate of drug-likeness (QED) is 0.835. The van der Waals surface area contributed by atoms with E-state index >= 15 is 0 Å². The summed E-state index contributed by atoms with van der Waals surface area (Å²) >= 11 is 0. The van der Waals surface area contributed by atoms with E-state index in [0.29, 0.717) is 5.75 Å². The highest BCUT2D eigenvalue weighted by molar-refractivity contribution is 5.80. The second kappa shape index (κ2) is 5.27. The molecule has 1 aromatic carbocycles. The lowest BCUT2D eigenvalue weighted by molar-refractivity contribution is -0.165. The molecule has 0 aliphatic heterocycles. The van der Waals surface area contributed by atoms with Crippen LogP contribution in [0, 0.1) is 5.92 Å². The van der Waals surface area contributed by atoms with E-state index in [0.717, 1.165) is 0 Å². The predicted molar refractivity (Wildman–Crippen MR) is 65.9 cm³/mol. The lowest BCUT2D eigenvalue weighted by atomic mass is 9.83. The van der Waals surface area contributed by atoms with E-state index in [1.54, 1.807) is 26.0 Å². The lowest BCUT2D eigenvalue weighted by Gasteiger charge is -2.29. The van der Waals surface area contributed by atoms with E-state index in [9.17, 15) is 15.0 Å². The molecule has 0 radical (unpaired) electrons. The van der Waals surface area contributed by atoms with E-state index < -0.39 is 17.5 Å². The molecule has 5 heteroatoms. The van der Waals surface area contributed by atoms with E-state index in [1.807, 2.05) is 0 Å². The van der Waals surface area contributed by atoms with Crippen LogP contribution in [0.3, 0.4) is 0 Å². The molecule has 0 fully saturated rings. The summed E-state index contributed by atoms with van der Waals surface area (Å²) in [5.41, 5.74) is -1.77. The minimum atomic E-state index is -1.99. The Morgan fingerprint density at radius 1 is 1.28 bits per heavy atom. The number of ether oxygens (including phenoxy) is 2. The van der Waals surface area contributed by atoms with Crippen LogP contribution in [0.5, 0.6) is 11.5 Å². The summed E-state index contributed by atoms with van der Waals surface area (Å²) in [4.78, 5) is 11.3. The van der Waals surface area contributed by atoms with Gasteiger partial charge in [0.1, 0.15) is 11.5 Å². The Morgan fingerprint density at radius 3 is 2.28 bits per heavy atom. The Morgan fingerprint density at radius 2 is 1.89 bits per heavy atom. The molecule has 0 bridgehead atoms. The summed E-state index contributed by atoms with van der Waals surface area (Å²) in [5.74, 6) is -0.988. The number of carboxylic acid groups (broad SMARTS) is 1. The maximum atomic E-state index is 11.3. The molecule has 18 heavy (non-hydrogen) atoms. The van der Waals surface area contributed by atoms with Crippen LogP contribution in [-0.4, -0.2) is 30.4 Å². The monoisotopic (exact) mass is 254 g/mol. The number of carboxylic acids is 1. The van der Waals surface area contributed by atoms with E-state index in [4.69, 9.17) is 9.47 Å². The zero-order valence-electron chi connectivity index (χ0n) is 10.9. The number of aliphatic carboxylic acids is 1. The van der Waals surface area contributed by atoms with Crippen molar-refractivity contribution in [2.75, 3.05) is 14.2 Å².